The third kappa shape index (κ3) is 2.64. The van der Waals surface area contributed by atoms with E-state index in [-0.39, 0.29) is 5.41 Å². The first kappa shape index (κ1) is 17.2. The molecular weight excluding hydrogens is 324 g/mol. The maximum Gasteiger partial charge on any atom is 0.109 e. The van der Waals surface area contributed by atoms with Crippen molar-refractivity contribution in [3.63, 3.8) is 0 Å². The van der Waals surface area contributed by atoms with E-state index in [4.69, 9.17) is 9.72 Å². The second-order valence-electron chi connectivity index (χ2n) is 8.61. The minimum absolute atomic E-state index is 0.212. The van der Waals surface area contributed by atoms with Crippen molar-refractivity contribution in [3.05, 3.63) is 34.8 Å². The Balaban J connectivity index is 2.03. The van der Waals surface area contributed by atoms with Gasteiger partial charge < -0.3 is 4.74 Å². The SMILES string of the molecule is Cn1nccc1-c1c(C#N)c(C2(C)CCCO2)nc2c1CC(C)(C)CC2. The molecule has 1 fully saturated rings. The molecule has 0 N–H and O–H groups in total. The molecule has 3 heterocycles. The van der Waals surface area contributed by atoms with E-state index in [1.54, 1.807) is 6.20 Å². The van der Waals surface area contributed by atoms with E-state index in [0.29, 0.717) is 5.56 Å². The average molecular weight is 350 g/mol. The lowest BCUT2D eigenvalue weighted by molar-refractivity contribution is 0.0128. The zero-order valence-electron chi connectivity index (χ0n) is 16.1. The number of aryl methyl sites for hydroxylation is 2. The number of pyridine rings is 1. The first-order valence-corrected chi connectivity index (χ1v) is 9.43. The van der Waals surface area contributed by atoms with Crippen molar-refractivity contribution in [2.24, 2.45) is 12.5 Å². The molecule has 5 nitrogen and oxygen atoms in total. The van der Waals surface area contributed by atoms with E-state index in [0.717, 1.165) is 61.4 Å². The number of nitrogens with zero attached hydrogens (tertiary/aromatic N) is 4. The van der Waals surface area contributed by atoms with Gasteiger partial charge in [-0.3, -0.25) is 9.67 Å². The normalized spacial score (nSPS) is 24.3. The topological polar surface area (TPSA) is 63.7 Å². The van der Waals surface area contributed by atoms with Crippen molar-refractivity contribution in [1.82, 2.24) is 14.8 Å². The summed E-state index contributed by atoms with van der Waals surface area (Å²) < 4.78 is 7.93. The van der Waals surface area contributed by atoms with Crippen molar-refractivity contribution in [1.29, 1.82) is 5.26 Å². The van der Waals surface area contributed by atoms with Gasteiger partial charge >= 0.3 is 0 Å². The second-order valence-corrected chi connectivity index (χ2v) is 8.61. The monoisotopic (exact) mass is 350 g/mol. The van der Waals surface area contributed by atoms with Gasteiger partial charge in [0.15, 0.2) is 0 Å². The molecule has 2 aliphatic rings. The number of rotatable bonds is 2. The van der Waals surface area contributed by atoms with Crippen LogP contribution in [0.2, 0.25) is 0 Å². The van der Waals surface area contributed by atoms with Crippen LogP contribution in [0.5, 0.6) is 0 Å². The molecule has 1 atom stereocenters. The highest BCUT2D eigenvalue weighted by atomic mass is 16.5. The minimum atomic E-state index is -0.472. The van der Waals surface area contributed by atoms with Gasteiger partial charge in [0.2, 0.25) is 0 Å². The van der Waals surface area contributed by atoms with Crippen molar-refractivity contribution in [2.45, 2.75) is 58.5 Å². The van der Waals surface area contributed by atoms with Gasteiger partial charge in [-0.25, -0.2) is 0 Å². The quantitative estimate of drug-likeness (QED) is 0.824. The summed E-state index contributed by atoms with van der Waals surface area (Å²) in [6.07, 6.45) is 6.70. The molecule has 136 valence electrons. The second kappa shape index (κ2) is 5.92. The highest BCUT2D eigenvalue weighted by Crippen LogP contribution is 2.45. The van der Waals surface area contributed by atoms with E-state index < -0.39 is 5.60 Å². The third-order valence-electron chi connectivity index (χ3n) is 5.99. The zero-order valence-corrected chi connectivity index (χ0v) is 16.1. The number of hydrogen-bond acceptors (Lipinski definition) is 4. The van der Waals surface area contributed by atoms with Gasteiger partial charge in [0, 0.05) is 31.1 Å². The highest BCUT2D eigenvalue weighted by molar-refractivity contribution is 5.74. The number of hydrogen-bond donors (Lipinski definition) is 0. The van der Waals surface area contributed by atoms with Gasteiger partial charge in [-0.15, -0.1) is 0 Å². The first-order valence-electron chi connectivity index (χ1n) is 9.43. The van der Waals surface area contributed by atoms with Crippen LogP contribution < -0.4 is 0 Å². The predicted octanol–water partition coefficient (Wildman–Crippen LogP) is 3.89. The van der Waals surface area contributed by atoms with E-state index in [2.05, 4.69) is 31.9 Å². The molecule has 1 saturated heterocycles. The summed E-state index contributed by atoms with van der Waals surface area (Å²) in [6.45, 7) is 7.40. The molecular formula is C21H26N4O. The predicted molar refractivity (Wildman–Crippen MR) is 99.5 cm³/mol. The molecule has 1 aliphatic carbocycles. The number of aromatic nitrogens is 3. The number of ether oxygens (including phenoxy) is 1. The summed E-state index contributed by atoms with van der Waals surface area (Å²) >= 11 is 0. The summed E-state index contributed by atoms with van der Waals surface area (Å²) in [7, 11) is 1.94. The summed E-state index contributed by atoms with van der Waals surface area (Å²) in [5.74, 6) is 0. The fraction of sp³-hybridized carbons (Fsp3) is 0.571. The summed E-state index contributed by atoms with van der Waals surface area (Å²) in [6, 6.07) is 4.48. The molecule has 0 amide bonds. The van der Waals surface area contributed by atoms with E-state index >= 15 is 0 Å². The third-order valence-corrected chi connectivity index (χ3v) is 5.99. The van der Waals surface area contributed by atoms with Crippen LogP contribution in [0.4, 0.5) is 0 Å². The molecule has 4 rings (SSSR count). The molecule has 0 radical (unpaired) electrons. The highest BCUT2D eigenvalue weighted by Gasteiger charge is 2.39. The molecule has 1 unspecified atom stereocenters. The van der Waals surface area contributed by atoms with Crippen LogP contribution >= 0.6 is 0 Å². The molecule has 2 aromatic heterocycles. The van der Waals surface area contributed by atoms with Crippen molar-refractivity contribution in [2.75, 3.05) is 6.61 Å². The Hall–Kier alpha value is -2.19. The molecule has 1 aliphatic heterocycles. The summed E-state index contributed by atoms with van der Waals surface area (Å²) in [4.78, 5) is 5.03. The smallest absolute Gasteiger partial charge is 0.109 e. The van der Waals surface area contributed by atoms with Gasteiger partial charge in [0.05, 0.1) is 17.0 Å². The van der Waals surface area contributed by atoms with E-state index in [1.165, 1.54) is 5.56 Å². The Morgan fingerprint density at radius 2 is 2.08 bits per heavy atom. The number of nitriles is 1. The van der Waals surface area contributed by atoms with Crippen molar-refractivity contribution >= 4 is 0 Å². The fourth-order valence-corrected chi connectivity index (χ4v) is 4.45. The Kier molecular flexibility index (Phi) is 3.92. The van der Waals surface area contributed by atoms with E-state index in [9.17, 15) is 5.26 Å². The summed E-state index contributed by atoms with van der Waals surface area (Å²) in [5.41, 5.74) is 5.56. The Morgan fingerprint density at radius 1 is 1.27 bits per heavy atom. The largest absolute Gasteiger partial charge is 0.369 e. The molecule has 0 bridgehead atoms. The van der Waals surface area contributed by atoms with Crippen LogP contribution in [0, 0.1) is 16.7 Å². The van der Waals surface area contributed by atoms with Crippen LogP contribution in [-0.4, -0.2) is 21.4 Å². The lowest BCUT2D eigenvalue weighted by Crippen LogP contribution is -2.29. The molecule has 0 spiro atoms. The summed E-state index contributed by atoms with van der Waals surface area (Å²) in [5, 5.41) is 14.5. The van der Waals surface area contributed by atoms with Crippen molar-refractivity contribution < 1.29 is 4.74 Å². The molecule has 2 aromatic rings. The minimum Gasteiger partial charge on any atom is -0.369 e. The Bertz CT molecular complexity index is 897. The maximum atomic E-state index is 10.1. The fourth-order valence-electron chi connectivity index (χ4n) is 4.45. The van der Waals surface area contributed by atoms with Gasteiger partial charge in [0.25, 0.3) is 0 Å². The zero-order chi connectivity index (χ0) is 18.5. The molecule has 5 heteroatoms. The Morgan fingerprint density at radius 3 is 2.69 bits per heavy atom. The molecule has 0 saturated carbocycles. The molecule has 26 heavy (non-hydrogen) atoms. The lowest BCUT2D eigenvalue weighted by atomic mass is 9.73. The van der Waals surface area contributed by atoms with Crippen LogP contribution in [0.25, 0.3) is 11.3 Å². The van der Waals surface area contributed by atoms with E-state index in [1.807, 2.05) is 17.8 Å². The van der Waals surface area contributed by atoms with Crippen LogP contribution in [-0.2, 0) is 30.2 Å². The standard InChI is InChI=1S/C21H26N4O/c1-20(2)9-6-16-14(12-20)18(17-7-10-23-25(17)4)15(13-22)19(24-16)21(3)8-5-11-26-21/h7,10H,5-6,8-9,11-12H2,1-4H3. The first-order chi connectivity index (χ1) is 12.3. The molecule has 0 aromatic carbocycles. The van der Waals surface area contributed by atoms with Crippen LogP contribution in [0.1, 0.15) is 62.5 Å². The average Bonchev–Trinajstić information content (AvgIpc) is 3.21. The van der Waals surface area contributed by atoms with Crippen LogP contribution in [0.15, 0.2) is 12.3 Å². The van der Waals surface area contributed by atoms with Crippen LogP contribution in [0.3, 0.4) is 0 Å². The Labute approximate surface area is 155 Å². The number of fused-ring (bicyclic) bond motifs is 1. The van der Waals surface area contributed by atoms with Gasteiger partial charge in [-0.05, 0) is 56.1 Å². The van der Waals surface area contributed by atoms with Gasteiger partial charge in [0.1, 0.15) is 11.7 Å². The van der Waals surface area contributed by atoms with Crippen molar-refractivity contribution in [3.8, 4) is 17.3 Å². The maximum absolute atomic E-state index is 10.1. The lowest BCUT2D eigenvalue weighted by Gasteiger charge is -2.34. The van der Waals surface area contributed by atoms with Gasteiger partial charge in [-0.1, -0.05) is 13.8 Å². The van der Waals surface area contributed by atoms with Gasteiger partial charge in [-0.2, -0.15) is 10.4 Å².